The summed E-state index contributed by atoms with van der Waals surface area (Å²) < 4.78 is 0.554. The number of carboxylic acid groups (broad SMARTS) is 1. The van der Waals surface area contributed by atoms with Crippen LogP contribution in [0.25, 0.3) is 10.9 Å². The molecule has 0 aliphatic heterocycles. The number of halogens is 1. The highest BCUT2D eigenvalue weighted by molar-refractivity contribution is 9.10. The minimum absolute atomic E-state index is 0.284. The fourth-order valence-corrected chi connectivity index (χ4v) is 2.15. The lowest BCUT2D eigenvalue weighted by Gasteiger charge is -2.06. The van der Waals surface area contributed by atoms with E-state index in [1.54, 1.807) is 6.07 Å². The zero-order valence-corrected chi connectivity index (χ0v) is 10.3. The largest absolute Gasteiger partial charge is 0.478 e. The van der Waals surface area contributed by atoms with Gasteiger partial charge in [-0.3, -0.25) is 0 Å². The highest BCUT2D eigenvalue weighted by atomic mass is 79.9. The van der Waals surface area contributed by atoms with Gasteiger partial charge in [0.1, 0.15) is 4.60 Å². The number of rotatable bonds is 2. The van der Waals surface area contributed by atoms with E-state index in [0.717, 1.165) is 17.5 Å². The molecule has 0 radical (unpaired) electrons. The normalized spacial score (nSPS) is 10.6. The third kappa shape index (κ3) is 1.80. The van der Waals surface area contributed by atoms with E-state index in [9.17, 15) is 4.79 Å². The molecule has 0 aliphatic carbocycles. The van der Waals surface area contributed by atoms with E-state index >= 15 is 0 Å². The van der Waals surface area contributed by atoms with Crippen LogP contribution in [0.5, 0.6) is 0 Å². The number of pyridine rings is 1. The smallest absolute Gasteiger partial charge is 0.336 e. The quantitative estimate of drug-likeness (QED) is 0.859. The summed E-state index contributed by atoms with van der Waals surface area (Å²) in [5, 5.41) is 9.81. The Bertz CT molecular complexity index is 566. The molecule has 0 spiro atoms. The second kappa shape index (κ2) is 4.22. The molecule has 1 aromatic carbocycles. The van der Waals surface area contributed by atoms with E-state index < -0.39 is 5.97 Å². The number of carboxylic acids is 1. The third-order valence-electron chi connectivity index (χ3n) is 2.50. The maximum absolute atomic E-state index is 11.1. The van der Waals surface area contributed by atoms with Gasteiger partial charge in [0.05, 0.1) is 11.1 Å². The molecular weight excluding hydrogens is 270 g/mol. The molecule has 0 unspecified atom stereocenters. The molecule has 82 valence electrons. The summed E-state index contributed by atoms with van der Waals surface area (Å²) in [4.78, 5) is 15.5. The highest BCUT2D eigenvalue weighted by Crippen LogP contribution is 2.24. The van der Waals surface area contributed by atoms with Gasteiger partial charge in [-0.25, -0.2) is 9.78 Å². The van der Waals surface area contributed by atoms with E-state index in [1.165, 1.54) is 6.07 Å². The molecule has 4 heteroatoms. The second-order valence-electron chi connectivity index (χ2n) is 3.46. The number of carbonyl (C=O) groups is 1. The number of hydrogen-bond acceptors (Lipinski definition) is 2. The third-order valence-corrected chi connectivity index (χ3v) is 2.91. The van der Waals surface area contributed by atoms with Crippen molar-refractivity contribution in [3.63, 3.8) is 0 Å². The van der Waals surface area contributed by atoms with E-state index in [4.69, 9.17) is 5.11 Å². The summed E-state index contributed by atoms with van der Waals surface area (Å²) in [6, 6.07) is 7.15. The molecule has 0 fully saturated rings. The molecule has 0 aliphatic rings. The zero-order chi connectivity index (χ0) is 11.7. The second-order valence-corrected chi connectivity index (χ2v) is 4.28. The van der Waals surface area contributed by atoms with E-state index in [-0.39, 0.29) is 5.56 Å². The standard InChI is InChI=1S/C12H10BrNO2/c1-2-7-4-3-5-8-9(12(15)16)6-10(13)14-11(7)8/h3-6H,2H2,1H3,(H,15,16). The van der Waals surface area contributed by atoms with Crippen molar-refractivity contribution in [2.75, 3.05) is 0 Å². The Morgan fingerprint density at radius 3 is 2.88 bits per heavy atom. The lowest BCUT2D eigenvalue weighted by Crippen LogP contribution is -2.00. The molecule has 1 N–H and O–H groups in total. The van der Waals surface area contributed by atoms with Crippen LogP contribution in [0.1, 0.15) is 22.8 Å². The van der Waals surface area contributed by atoms with E-state index in [0.29, 0.717) is 9.99 Å². The topological polar surface area (TPSA) is 50.2 Å². The summed E-state index contributed by atoms with van der Waals surface area (Å²) in [6.45, 7) is 2.03. The fourth-order valence-electron chi connectivity index (χ4n) is 1.74. The zero-order valence-electron chi connectivity index (χ0n) is 8.70. The highest BCUT2D eigenvalue weighted by Gasteiger charge is 2.12. The lowest BCUT2D eigenvalue weighted by molar-refractivity contribution is 0.0699. The van der Waals surface area contributed by atoms with Gasteiger partial charge in [-0.1, -0.05) is 25.1 Å². The minimum atomic E-state index is -0.929. The average molecular weight is 280 g/mol. The van der Waals surface area contributed by atoms with Gasteiger partial charge in [0, 0.05) is 5.39 Å². The number of aromatic nitrogens is 1. The molecule has 2 aromatic rings. The van der Waals surface area contributed by atoms with Crippen molar-refractivity contribution in [1.82, 2.24) is 4.98 Å². The summed E-state index contributed by atoms with van der Waals surface area (Å²) in [7, 11) is 0. The van der Waals surface area contributed by atoms with Crippen LogP contribution in [0, 0.1) is 0 Å². The molecule has 1 aromatic heterocycles. The number of hydrogen-bond donors (Lipinski definition) is 1. The molecular formula is C12H10BrNO2. The van der Waals surface area contributed by atoms with Gasteiger partial charge in [-0.2, -0.15) is 0 Å². The van der Waals surface area contributed by atoms with Crippen LogP contribution < -0.4 is 0 Å². The van der Waals surface area contributed by atoms with Gasteiger partial charge in [0.2, 0.25) is 0 Å². The van der Waals surface area contributed by atoms with Crippen LogP contribution in [-0.2, 0) is 6.42 Å². The molecule has 0 bridgehead atoms. The Morgan fingerprint density at radius 1 is 1.50 bits per heavy atom. The molecule has 16 heavy (non-hydrogen) atoms. The first kappa shape index (κ1) is 11.1. The van der Waals surface area contributed by atoms with Crippen LogP contribution in [0.15, 0.2) is 28.9 Å². The molecule has 2 rings (SSSR count). The first-order valence-corrected chi connectivity index (χ1v) is 5.74. The number of benzene rings is 1. The number of fused-ring (bicyclic) bond motifs is 1. The van der Waals surface area contributed by atoms with Gasteiger partial charge >= 0.3 is 5.97 Å². The van der Waals surface area contributed by atoms with Crippen LogP contribution in [0.2, 0.25) is 0 Å². The maximum atomic E-state index is 11.1. The summed E-state index contributed by atoms with van der Waals surface area (Å²) >= 11 is 3.24. The predicted octanol–water partition coefficient (Wildman–Crippen LogP) is 3.26. The van der Waals surface area contributed by atoms with Crippen molar-refractivity contribution >= 4 is 32.8 Å². The first-order chi connectivity index (χ1) is 7.63. The summed E-state index contributed by atoms with van der Waals surface area (Å²) in [5.74, 6) is -0.929. The molecule has 3 nitrogen and oxygen atoms in total. The van der Waals surface area contributed by atoms with Crippen molar-refractivity contribution in [2.45, 2.75) is 13.3 Å². The maximum Gasteiger partial charge on any atom is 0.336 e. The van der Waals surface area contributed by atoms with Crippen molar-refractivity contribution in [3.8, 4) is 0 Å². The average Bonchev–Trinajstić information content (AvgIpc) is 2.27. The Morgan fingerprint density at radius 2 is 2.25 bits per heavy atom. The van der Waals surface area contributed by atoms with Gasteiger partial charge < -0.3 is 5.11 Å². The molecule has 0 saturated heterocycles. The Labute approximate surface area is 101 Å². The van der Waals surface area contributed by atoms with E-state index in [1.807, 2.05) is 19.1 Å². The van der Waals surface area contributed by atoms with Gasteiger partial charge in [0.25, 0.3) is 0 Å². The van der Waals surface area contributed by atoms with Crippen molar-refractivity contribution < 1.29 is 9.90 Å². The summed E-state index contributed by atoms with van der Waals surface area (Å²) in [5.41, 5.74) is 2.10. The van der Waals surface area contributed by atoms with E-state index in [2.05, 4.69) is 20.9 Å². The van der Waals surface area contributed by atoms with Crippen LogP contribution in [-0.4, -0.2) is 16.1 Å². The first-order valence-electron chi connectivity index (χ1n) is 4.95. The molecule has 0 amide bonds. The number of aryl methyl sites for hydroxylation is 1. The molecule has 0 atom stereocenters. The number of aromatic carboxylic acids is 1. The minimum Gasteiger partial charge on any atom is -0.478 e. The van der Waals surface area contributed by atoms with Crippen LogP contribution in [0.3, 0.4) is 0 Å². The Hall–Kier alpha value is -1.42. The molecule has 0 saturated carbocycles. The van der Waals surface area contributed by atoms with Gasteiger partial charge in [-0.15, -0.1) is 0 Å². The number of para-hydroxylation sites is 1. The van der Waals surface area contributed by atoms with Crippen LogP contribution in [0.4, 0.5) is 0 Å². The predicted molar refractivity (Wildman–Crippen MR) is 65.8 cm³/mol. The van der Waals surface area contributed by atoms with Gasteiger partial charge in [0.15, 0.2) is 0 Å². The monoisotopic (exact) mass is 279 g/mol. The fraction of sp³-hybridized carbons (Fsp3) is 0.167. The van der Waals surface area contributed by atoms with Gasteiger partial charge in [-0.05, 0) is 34.0 Å². The summed E-state index contributed by atoms with van der Waals surface area (Å²) in [6.07, 6.45) is 0.833. The Balaban J connectivity index is 2.88. The van der Waals surface area contributed by atoms with Crippen LogP contribution >= 0.6 is 15.9 Å². The van der Waals surface area contributed by atoms with Crippen molar-refractivity contribution in [2.24, 2.45) is 0 Å². The lowest BCUT2D eigenvalue weighted by atomic mass is 10.0. The van der Waals surface area contributed by atoms with Crippen molar-refractivity contribution in [1.29, 1.82) is 0 Å². The number of nitrogens with zero attached hydrogens (tertiary/aromatic N) is 1. The molecule has 1 heterocycles. The SMILES string of the molecule is CCc1cccc2c(C(=O)O)cc(Br)nc12. The Kier molecular flexibility index (Phi) is 2.92. The van der Waals surface area contributed by atoms with Crippen molar-refractivity contribution in [3.05, 3.63) is 40.0 Å².